The van der Waals surface area contributed by atoms with Gasteiger partial charge >= 0.3 is 0 Å². The number of thiazole rings is 1. The second kappa shape index (κ2) is 9.40. The van der Waals surface area contributed by atoms with Crippen molar-refractivity contribution < 1.29 is 14.5 Å². The number of benzene rings is 1. The van der Waals surface area contributed by atoms with E-state index in [1.165, 1.54) is 12.1 Å². The van der Waals surface area contributed by atoms with Gasteiger partial charge in [-0.2, -0.15) is 0 Å². The first kappa shape index (κ1) is 22.0. The summed E-state index contributed by atoms with van der Waals surface area (Å²) in [6.45, 7) is 6.13. The van der Waals surface area contributed by atoms with Gasteiger partial charge in [-0.15, -0.1) is 11.3 Å². The van der Waals surface area contributed by atoms with E-state index < -0.39 is 16.9 Å². The quantitative estimate of drug-likeness (QED) is 0.534. The van der Waals surface area contributed by atoms with Crippen LogP contribution in [0, 0.1) is 16.0 Å². The minimum absolute atomic E-state index is 0.0336. The van der Waals surface area contributed by atoms with Gasteiger partial charge in [0.25, 0.3) is 11.6 Å². The molecule has 11 heteroatoms. The first-order valence-electron chi connectivity index (χ1n) is 9.46. The molecule has 0 bridgehead atoms. The highest BCUT2D eigenvalue weighted by Crippen LogP contribution is 2.23. The van der Waals surface area contributed by atoms with Gasteiger partial charge in [-0.05, 0) is 12.0 Å². The van der Waals surface area contributed by atoms with Crippen molar-refractivity contribution in [2.45, 2.75) is 19.9 Å². The van der Waals surface area contributed by atoms with Crippen LogP contribution in [0.4, 0.5) is 10.8 Å². The molecule has 1 saturated heterocycles. The van der Waals surface area contributed by atoms with Crippen molar-refractivity contribution in [2.75, 3.05) is 31.1 Å². The minimum Gasteiger partial charge on any atom is -0.345 e. The van der Waals surface area contributed by atoms with E-state index in [0.717, 1.165) is 11.2 Å². The molecule has 1 N–H and O–H groups in total. The zero-order chi connectivity index (χ0) is 21.8. The Bertz CT molecular complexity index is 929. The number of nitro benzene ring substituents is 1. The van der Waals surface area contributed by atoms with E-state index in [1.54, 1.807) is 22.4 Å². The largest absolute Gasteiger partial charge is 0.345 e. The molecule has 2 heterocycles. The molecule has 1 aromatic heterocycles. The second-order valence-electron chi connectivity index (χ2n) is 7.24. The lowest BCUT2D eigenvalue weighted by Crippen LogP contribution is -2.56. The van der Waals surface area contributed by atoms with Crippen LogP contribution in [-0.4, -0.2) is 58.8 Å². The van der Waals surface area contributed by atoms with Crippen molar-refractivity contribution in [3.63, 3.8) is 0 Å². The van der Waals surface area contributed by atoms with Crippen LogP contribution < -0.4 is 10.2 Å². The fourth-order valence-electron chi connectivity index (χ4n) is 3.22. The molecule has 1 aliphatic heterocycles. The Kier molecular flexibility index (Phi) is 6.88. The van der Waals surface area contributed by atoms with Crippen molar-refractivity contribution >= 4 is 45.6 Å². The normalized spacial score (nSPS) is 15.2. The van der Waals surface area contributed by atoms with Crippen LogP contribution in [0.25, 0.3) is 0 Å². The van der Waals surface area contributed by atoms with Crippen LogP contribution in [0.5, 0.6) is 0 Å². The lowest BCUT2D eigenvalue weighted by atomic mass is 10.0. The van der Waals surface area contributed by atoms with Gasteiger partial charge in [-0.3, -0.25) is 19.7 Å². The number of non-ortho nitro benzene ring substituents is 1. The average Bonchev–Trinajstić information content (AvgIpc) is 3.26. The summed E-state index contributed by atoms with van der Waals surface area (Å²) in [5.41, 5.74) is -0.111. The van der Waals surface area contributed by atoms with Crippen LogP contribution in [0.15, 0.2) is 29.8 Å². The monoisotopic (exact) mass is 451 g/mol. The average molecular weight is 452 g/mol. The zero-order valence-corrected chi connectivity index (χ0v) is 18.2. The Balaban J connectivity index is 1.66. The number of amides is 2. The summed E-state index contributed by atoms with van der Waals surface area (Å²) in [4.78, 5) is 44.2. The van der Waals surface area contributed by atoms with E-state index in [-0.39, 0.29) is 28.1 Å². The van der Waals surface area contributed by atoms with E-state index >= 15 is 0 Å². The summed E-state index contributed by atoms with van der Waals surface area (Å²) in [7, 11) is 0. The number of anilines is 1. The third-order valence-corrected chi connectivity index (χ3v) is 6.05. The molecule has 9 nitrogen and oxygen atoms in total. The Morgan fingerprint density at radius 3 is 2.50 bits per heavy atom. The summed E-state index contributed by atoms with van der Waals surface area (Å²) >= 11 is 7.61. The van der Waals surface area contributed by atoms with Crippen molar-refractivity contribution in [2.24, 2.45) is 5.92 Å². The predicted octanol–water partition coefficient (Wildman–Crippen LogP) is 2.81. The van der Waals surface area contributed by atoms with Gasteiger partial charge in [0.05, 0.1) is 15.5 Å². The number of aromatic nitrogens is 1. The number of rotatable bonds is 6. The van der Waals surface area contributed by atoms with E-state index in [4.69, 9.17) is 11.6 Å². The molecule has 160 valence electrons. The van der Waals surface area contributed by atoms with Gasteiger partial charge in [0.1, 0.15) is 6.04 Å². The van der Waals surface area contributed by atoms with Gasteiger partial charge in [-0.1, -0.05) is 25.4 Å². The molecular formula is C19H22ClN5O4S. The lowest BCUT2D eigenvalue weighted by Gasteiger charge is -2.37. The Morgan fingerprint density at radius 1 is 1.27 bits per heavy atom. The molecule has 1 atom stereocenters. The minimum atomic E-state index is -0.727. The maximum Gasteiger partial charge on any atom is 0.270 e. The highest BCUT2D eigenvalue weighted by molar-refractivity contribution is 7.13. The Hall–Kier alpha value is -2.72. The molecule has 1 aromatic carbocycles. The highest BCUT2D eigenvalue weighted by atomic mass is 35.5. The number of halogens is 1. The van der Waals surface area contributed by atoms with E-state index in [9.17, 15) is 19.7 Å². The molecule has 0 radical (unpaired) electrons. The summed E-state index contributed by atoms with van der Waals surface area (Å²) < 4.78 is 0. The number of carbonyl (C=O) groups is 2. The second-order valence-corrected chi connectivity index (χ2v) is 8.52. The van der Waals surface area contributed by atoms with E-state index in [0.29, 0.717) is 26.2 Å². The summed E-state index contributed by atoms with van der Waals surface area (Å²) in [6.07, 6.45) is 1.76. The molecule has 3 rings (SSSR count). The predicted molar refractivity (Wildman–Crippen MR) is 115 cm³/mol. The van der Waals surface area contributed by atoms with Crippen molar-refractivity contribution in [3.8, 4) is 0 Å². The van der Waals surface area contributed by atoms with Crippen LogP contribution in [-0.2, 0) is 4.79 Å². The first-order valence-corrected chi connectivity index (χ1v) is 10.7. The van der Waals surface area contributed by atoms with E-state index in [2.05, 4.69) is 15.2 Å². The van der Waals surface area contributed by atoms with Crippen molar-refractivity contribution in [1.82, 2.24) is 15.2 Å². The number of carbonyl (C=O) groups excluding carboxylic acids is 2. The molecular weight excluding hydrogens is 430 g/mol. The number of hydrogen-bond acceptors (Lipinski definition) is 7. The Labute approximate surface area is 182 Å². The molecule has 2 aromatic rings. The molecule has 1 aliphatic rings. The molecule has 1 unspecified atom stereocenters. The topological polar surface area (TPSA) is 109 Å². The lowest BCUT2D eigenvalue weighted by molar-refractivity contribution is -0.384. The SMILES string of the molecule is CC(C)C(NC(=O)c1ccc([N+](=O)[O-])cc1Cl)C(=O)N1CCN(c2nccs2)CC1. The number of hydrogen-bond donors (Lipinski definition) is 1. The molecule has 1 fully saturated rings. The third kappa shape index (κ3) is 4.88. The van der Waals surface area contributed by atoms with Gasteiger partial charge in [-0.25, -0.2) is 4.98 Å². The molecule has 30 heavy (non-hydrogen) atoms. The van der Waals surface area contributed by atoms with Gasteiger partial charge in [0, 0.05) is 49.9 Å². The smallest absolute Gasteiger partial charge is 0.270 e. The fourth-order valence-corrected chi connectivity index (χ4v) is 4.18. The van der Waals surface area contributed by atoms with E-state index in [1.807, 2.05) is 19.2 Å². The summed E-state index contributed by atoms with van der Waals surface area (Å²) in [5, 5.41) is 16.4. The number of nitro groups is 1. The van der Waals surface area contributed by atoms with Crippen LogP contribution in [0.3, 0.4) is 0 Å². The maximum atomic E-state index is 13.1. The maximum absolute atomic E-state index is 13.1. The standard InChI is InChI=1S/C19H22ClN5O4S/c1-12(2)16(22-17(26)14-4-3-13(25(28)29)11-15(14)20)18(27)23-6-8-24(9-7-23)19-21-5-10-30-19/h3-5,10-12,16H,6-9H2,1-2H3,(H,22,26). The van der Waals surface area contributed by atoms with Gasteiger partial charge in [0.2, 0.25) is 5.91 Å². The first-order chi connectivity index (χ1) is 14.3. The Morgan fingerprint density at radius 2 is 1.97 bits per heavy atom. The number of nitrogens with zero attached hydrogens (tertiary/aromatic N) is 4. The molecule has 0 saturated carbocycles. The van der Waals surface area contributed by atoms with Crippen molar-refractivity contribution in [3.05, 3.63) is 50.5 Å². The summed E-state index contributed by atoms with van der Waals surface area (Å²) in [6, 6.07) is 2.91. The van der Waals surface area contributed by atoms with Crippen LogP contribution in [0.2, 0.25) is 5.02 Å². The highest BCUT2D eigenvalue weighted by Gasteiger charge is 2.31. The number of nitrogens with one attached hydrogen (secondary N) is 1. The van der Waals surface area contributed by atoms with Crippen molar-refractivity contribution in [1.29, 1.82) is 0 Å². The molecule has 0 spiro atoms. The van der Waals surface area contributed by atoms with Gasteiger partial charge < -0.3 is 15.1 Å². The molecule has 2 amide bonds. The zero-order valence-electron chi connectivity index (χ0n) is 16.6. The number of piperazine rings is 1. The molecule has 0 aliphatic carbocycles. The van der Waals surface area contributed by atoms with Crippen LogP contribution >= 0.6 is 22.9 Å². The van der Waals surface area contributed by atoms with Crippen LogP contribution in [0.1, 0.15) is 24.2 Å². The van der Waals surface area contributed by atoms with Gasteiger partial charge in [0.15, 0.2) is 5.13 Å². The summed E-state index contributed by atoms with van der Waals surface area (Å²) in [5.74, 6) is -0.839. The fraction of sp³-hybridized carbons (Fsp3) is 0.421. The third-order valence-electron chi connectivity index (χ3n) is 4.91.